The van der Waals surface area contributed by atoms with Crippen molar-refractivity contribution >= 4 is 8.32 Å². The van der Waals surface area contributed by atoms with Gasteiger partial charge in [-0.25, -0.2) is 0 Å². The summed E-state index contributed by atoms with van der Waals surface area (Å²) in [6.07, 6.45) is 7.34. The van der Waals surface area contributed by atoms with Gasteiger partial charge in [-0.05, 0) is 50.2 Å². The maximum absolute atomic E-state index is 9.40. The van der Waals surface area contributed by atoms with E-state index in [0.29, 0.717) is 5.04 Å². The average Bonchev–Trinajstić information content (AvgIpc) is 2.62. The molecule has 0 saturated carbocycles. The van der Waals surface area contributed by atoms with Crippen molar-refractivity contribution in [3.8, 4) is 0 Å². The Kier molecular flexibility index (Phi) is 5.62. The molecule has 0 aliphatic heterocycles. The highest BCUT2D eigenvalue weighted by Crippen LogP contribution is 2.36. The molecule has 1 unspecified atom stereocenters. The van der Waals surface area contributed by atoms with Crippen molar-refractivity contribution in [2.75, 3.05) is 6.61 Å². The molecule has 0 radical (unpaired) electrons. The van der Waals surface area contributed by atoms with E-state index in [4.69, 9.17) is 4.43 Å². The number of rotatable bonds is 6. The summed E-state index contributed by atoms with van der Waals surface area (Å²) >= 11 is 0. The molecular weight excluding hydrogens is 240 g/mol. The first-order chi connectivity index (χ1) is 8.22. The van der Waals surface area contributed by atoms with E-state index >= 15 is 0 Å². The van der Waals surface area contributed by atoms with Gasteiger partial charge < -0.3 is 9.53 Å². The van der Waals surface area contributed by atoms with E-state index < -0.39 is 8.32 Å². The van der Waals surface area contributed by atoms with Crippen molar-refractivity contribution in [1.29, 1.82) is 0 Å². The van der Waals surface area contributed by atoms with Gasteiger partial charge in [-0.2, -0.15) is 0 Å². The molecule has 1 atom stereocenters. The molecule has 0 spiro atoms. The Bertz CT molecular complexity index is 289. The highest BCUT2D eigenvalue weighted by Gasteiger charge is 2.36. The zero-order valence-corrected chi connectivity index (χ0v) is 13.8. The highest BCUT2D eigenvalue weighted by molar-refractivity contribution is 6.74. The first-order valence-corrected chi connectivity index (χ1v) is 10.1. The van der Waals surface area contributed by atoms with Crippen LogP contribution in [-0.4, -0.2) is 26.1 Å². The van der Waals surface area contributed by atoms with E-state index in [2.05, 4.69) is 33.9 Å². The summed E-state index contributed by atoms with van der Waals surface area (Å²) in [5.74, 6) is 0. The van der Waals surface area contributed by atoms with Crippen molar-refractivity contribution in [1.82, 2.24) is 0 Å². The van der Waals surface area contributed by atoms with E-state index in [9.17, 15) is 5.11 Å². The molecule has 3 heteroatoms. The zero-order chi connectivity index (χ0) is 13.8. The standard InChI is InChI=1S/C15H30O2Si/c1-15(2,3)18(4,5)17-11-7-6-8-13-9-10-14(16)12-13/h12,14,16H,6-11H2,1-5H3. The van der Waals surface area contributed by atoms with Crippen LogP contribution in [0.2, 0.25) is 18.1 Å². The molecule has 18 heavy (non-hydrogen) atoms. The monoisotopic (exact) mass is 270 g/mol. The van der Waals surface area contributed by atoms with Crippen LogP contribution in [-0.2, 0) is 4.43 Å². The molecule has 106 valence electrons. The lowest BCUT2D eigenvalue weighted by Gasteiger charge is -2.36. The van der Waals surface area contributed by atoms with E-state index in [-0.39, 0.29) is 6.10 Å². The van der Waals surface area contributed by atoms with Crippen LogP contribution in [0, 0.1) is 0 Å². The van der Waals surface area contributed by atoms with Crippen molar-refractivity contribution in [3.05, 3.63) is 11.6 Å². The molecule has 1 aliphatic carbocycles. The summed E-state index contributed by atoms with van der Waals surface area (Å²) < 4.78 is 6.15. The number of unbranched alkanes of at least 4 members (excludes halogenated alkanes) is 1. The fourth-order valence-corrected chi connectivity index (χ4v) is 3.07. The average molecular weight is 270 g/mol. The number of allylic oxidation sites excluding steroid dienone is 1. The van der Waals surface area contributed by atoms with Crippen LogP contribution in [0.25, 0.3) is 0 Å². The Labute approximate surface area is 114 Å². The summed E-state index contributed by atoms with van der Waals surface area (Å²) in [5.41, 5.74) is 1.44. The van der Waals surface area contributed by atoms with Crippen LogP contribution in [0.1, 0.15) is 52.9 Å². The van der Waals surface area contributed by atoms with Gasteiger partial charge in [0.05, 0.1) is 6.10 Å². The Balaban J connectivity index is 2.14. The van der Waals surface area contributed by atoms with Gasteiger partial charge in [0.25, 0.3) is 0 Å². The molecule has 1 N–H and O–H groups in total. The summed E-state index contributed by atoms with van der Waals surface area (Å²) in [6.45, 7) is 12.4. The molecule has 1 rings (SSSR count). The second-order valence-corrected chi connectivity index (χ2v) is 11.8. The summed E-state index contributed by atoms with van der Waals surface area (Å²) in [6, 6.07) is 0. The minimum atomic E-state index is -1.55. The summed E-state index contributed by atoms with van der Waals surface area (Å²) in [4.78, 5) is 0. The van der Waals surface area contributed by atoms with E-state index in [1.165, 1.54) is 12.0 Å². The van der Waals surface area contributed by atoms with E-state index in [0.717, 1.165) is 32.3 Å². The summed E-state index contributed by atoms with van der Waals surface area (Å²) in [7, 11) is -1.55. The maximum atomic E-state index is 9.40. The lowest BCUT2D eigenvalue weighted by Crippen LogP contribution is -2.40. The first kappa shape index (κ1) is 15.9. The van der Waals surface area contributed by atoms with Crippen LogP contribution >= 0.6 is 0 Å². The van der Waals surface area contributed by atoms with Gasteiger partial charge in [0.1, 0.15) is 0 Å². The third-order valence-corrected chi connectivity index (χ3v) is 8.89. The number of hydrogen-bond acceptors (Lipinski definition) is 2. The van der Waals surface area contributed by atoms with Crippen molar-refractivity contribution < 1.29 is 9.53 Å². The zero-order valence-electron chi connectivity index (χ0n) is 12.8. The third kappa shape index (κ3) is 4.86. The normalized spacial score (nSPS) is 21.2. The quantitative estimate of drug-likeness (QED) is 0.444. The fourth-order valence-electron chi connectivity index (χ4n) is 1.98. The molecule has 2 nitrogen and oxygen atoms in total. The van der Waals surface area contributed by atoms with Gasteiger partial charge in [-0.1, -0.05) is 32.4 Å². The number of hydrogen-bond donors (Lipinski definition) is 1. The topological polar surface area (TPSA) is 29.5 Å². The summed E-state index contributed by atoms with van der Waals surface area (Å²) in [5, 5.41) is 9.71. The van der Waals surface area contributed by atoms with E-state index in [1.54, 1.807) is 0 Å². The fraction of sp³-hybridized carbons (Fsp3) is 0.867. The van der Waals surface area contributed by atoms with Gasteiger partial charge in [0.2, 0.25) is 0 Å². The first-order valence-electron chi connectivity index (χ1n) is 7.24. The number of aliphatic hydroxyl groups excluding tert-OH is 1. The predicted octanol–water partition coefficient (Wildman–Crippen LogP) is 4.26. The largest absolute Gasteiger partial charge is 0.417 e. The Morgan fingerprint density at radius 1 is 1.33 bits per heavy atom. The molecule has 0 saturated heterocycles. The lowest BCUT2D eigenvalue weighted by atomic mass is 10.1. The number of aliphatic hydroxyl groups is 1. The van der Waals surface area contributed by atoms with Gasteiger partial charge in [0, 0.05) is 6.61 Å². The molecule has 0 amide bonds. The van der Waals surface area contributed by atoms with Crippen molar-refractivity contribution in [2.24, 2.45) is 0 Å². The van der Waals surface area contributed by atoms with E-state index in [1.807, 2.05) is 6.08 Å². The van der Waals surface area contributed by atoms with Crippen molar-refractivity contribution in [2.45, 2.75) is 77.1 Å². The van der Waals surface area contributed by atoms with Gasteiger partial charge in [-0.15, -0.1) is 0 Å². The third-order valence-electron chi connectivity index (χ3n) is 4.35. The van der Waals surface area contributed by atoms with Crippen LogP contribution < -0.4 is 0 Å². The molecule has 0 aromatic heterocycles. The van der Waals surface area contributed by atoms with Gasteiger partial charge in [-0.3, -0.25) is 0 Å². The molecule has 0 heterocycles. The Hall–Kier alpha value is -0.123. The van der Waals surface area contributed by atoms with Crippen LogP contribution in [0.5, 0.6) is 0 Å². The lowest BCUT2D eigenvalue weighted by molar-refractivity contribution is 0.223. The minimum Gasteiger partial charge on any atom is -0.417 e. The maximum Gasteiger partial charge on any atom is 0.191 e. The van der Waals surface area contributed by atoms with Gasteiger partial charge in [0.15, 0.2) is 8.32 Å². The second-order valence-electron chi connectivity index (χ2n) is 7.00. The molecular formula is C15H30O2Si. The van der Waals surface area contributed by atoms with Crippen LogP contribution in [0.15, 0.2) is 11.6 Å². The van der Waals surface area contributed by atoms with Crippen molar-refractivity contribution in [3.63, 3.8) is 0 Å². The molecule has 1 aliphatic rings. The molecule has 0 aromatic carbocycles. The second kappa shape index (κ2) is 6.35. The van der Waals surface area contributed by atoms with Crippen LogP contribution in [0.4, 0.5) is 0 Å². The molecule has 0 bridgehead atoms. The van der Waals surface area contributed by atoms with Crippen LogP contribution in [0.3, 0.4) is 0 Å². The Morgan fingerprint density at radius 2 is 2.00 bits per heavy atom. The predicted molar refractivity (Wildman–Crippen MR) is 80.3 cm³/mol. The SMILES string of the molecule is CC(C)(C)[Si](C)(C)OCCCCC1=CC(O)CC1. The Morgan fingerprint density at radius 3 is 2.50 bits per heavy atom. The molecule has 0 aromatic rings. The molecule has 0 fully saturated rings. The highest BCUT2D eigenvalue weighted by atomic mass is 28.4. The minimum absolute atomic E-state index is 0.177. The smallest absolute Gasteiger partial charge is 0.191 e. The van der Waals surface area contributed by atoms with Gasteiger partial charge >= 0.3 is 0 Å².